The highest BCUT2D eigenvalue weighted by atomic mass is 19.4. The molecule has 0 radical (unpaired) electrons. The van der Waals surface area contributed by atoms with E-state index in [9.17, 15) is 45.5 Å². The van der Waals surface area contributed by atoms with E-state index in [1.807, 2.05) is 0 Å². The maximum atomic E-state index is 13.9. The second-order valence-electron chi connectivity index (χ2n) is 12.2. The van der Waals surface area contributed by atoms with Crippen LogP contribution in [0.2, 0.25) is 0 Å². The van der Waals surface area contributed by atoms with E-state index in [2.05, 4.69) is 0 Å². The summed E-state index contributed by atoms with van der Waals surface area (Å²) in [7, 11) is 0. The molecule has 2 aromatic carbocycles. The summed E-state index contributed by atoms with van der Waals surface area (Å²) < 4.78 is 87.1. The van der Waals surface area contributed by atoms with E-state index in [1.54, 1.807) is 51.1 Å². The number of anilines is 1. The van der Waals surface area contributed by atoms with Gasteiger partial charge in [-0.05, 0) is 63.9 Å². The van der Waals surface area contributed by atoms with E-state index < -0.39 is 82.4 Å². The lowest BCUT2D eigenvalue weighted by atomic mass is 9.74. The molecule has 3 aliphatic heterocycles. The minimum absolute atomic E-state index is 0.0366. The standard InChI is InChI=1S/C30H29F6N3O5/c1-27(2,3)44-26(43)37-11-9-28(10-12-37)22-21(24(41)39(25(22)42)20-7-5-4-6-8-20)16-38(28)23(40)17-13-18(29(31,32)33)15-19(14-17)30(34,35)36/h4-8,13-15,21-22H,9-12,16H2,1-3H3. The molecule has 1 spiro atoms. The summed E-state index contributed by atoms with van der Waals surface area (Å²) in [5.74, 6) is -4.66. The number of carbonyl (C=O) groups excluding carboxylic acids is 4. The van der Waals surface area contributed by atoms with Gasteiger partial charge in [-0.3, -0.25) is 14.4 Å². The number of rotatable bonds is 2. The molecular weight excluding hydrogens is 596 g/mol. The molecule has 2 aromatic rings. The number of halogens is 6. The quantitative estimate of drug-likeness (QED) is 0.313. The van der Waals surface area contributed by atoms with E-state index in [-0.39, 0.29) is 32.0 Å². The van der Waals surface area contributed by atoms with Gasteiger partial charge in [-0.2, -0.15) is 26.3 Å². The Balaban J connectivity index is 1.56. The first-order chi connectivity index (χ1) is 20.3. The molecule has 5 rings (SSSR count). The van der Waals surface area contributed by atoms with Gasteiger partial charge in [0, 0.05) is 25.2 Å². The fourth-order valence-corrected chi connectivity index (χ4v) is 6.40. The van der Waals surface area contributed by atoms with E-state index >= 15 is 0 Å². The van der Waals surface area contributed by atoms with Gasteiger partial charge < -0.3 is 14.5 Å². The molecule has 3 heterocycles. The number of amides is 4. The molecule has 236 valence electrons. The predicted octanol–water partition coefficient (Wildman–Crippen LogP) is 5.76. The summed E-state index contributed by atoms with van der Waals surface area (Å²) in [5, 5.41) is 0. The number of para-hydroxylation sites is 1. The zero-order chi connectivity index (χ0) is 32.4. The van der Waals surface area contributed by atoms with Crippen molar-refractivity contribution in [1.82, 2.24) is 9.80 Å². The summed E-state index contributed by atoms with van der Waals surface area (Å²) >= 11 is 0. The Kier molecular flexibility index (Phi) is 7.49. The van der Waals surface area contributed by atoms with Gasteiger partial charge in [-0.25, -0.2) is 9.69 Å². The number of likely N-dealkylation sites (tertiary alicyclic amines) is 2. The minimum atomic E-state index is -5.18. The number of alkyl halides is 6. The molecule has 2 unspecified atom stereocenters. The van der Waals surface area contributed by atoms with Crippen molar-refractivity contribution in [2.45, 2.75) is 57.1 Å². The summed E-state index contributed by atoms with van der Waals surface area (Å²) in [6.07, 6.45) is -11.2. The van der Waals surface area contributed by atoms with Crippen LogP contribution in [0.25, 0.3) is 0 Å². The van der Waals surface area contributed by atoms with Crippen LogP contribution < -0.4 is 4.90 Å². The molecule has 0 N–H and O–H groups in total. The number of hydrogen-bond donors (Lipinski definition) is 0. The van der Waals surface area contributed by atoms with Gasteiger partial charge in [0.2, 0.25) is 11.8 Å². The number of carbonyl (C=O) groups is 4. The zero-order valence-electron chi connectivity index (χ0n) is 24.0. The number of hydrogen-bond acceptors (Lipinski definition) is 5. The Hall–Kier alpha value is -4.10. The molecule has 3 fully saturated rings. The maximum Gasteiger partial charge on any atom is 0.416 e. The van der Waals surface area contributed by atoms with Crippen molar-refractivity contribution in [3.8, 4) is 0 Å². The van der Waals surface area contributed by atoms with Gasteiger partial charge in [0.1, 0.15) is 5.60 Å². The van der Waals surface area contributed by atoms with E-state index in [0.717, 1.165) is 9.80 Å². The zero-order valence-corrected chi connectivity index (χ0v) is 24.0. The maximum absolute atomic E-state index is 13.9. The highest BCUT2D eigenvalue weighted by Crippen LogP contribution is 2.52. The molecule has 0 bridgehead atoms. The molecule has 0 aromatic heterocycles. The van der Waals surface area contributed by atoms with E-state index in [0.29, 0.717) is 17.8 Å². The summed E-state index contributed by atoms with van der Waals surface area (Å²) in [6.45, 7) is 4.54. The van der Waals surface area contributed by atoms with Crippen molar-refractivity contribution in [1.29, 1.82) is 0 Å². The van der Waals surface area contributed by atoms with Gasteiger partial charge in [0.25, 0.3) is 5.91 Å². The fraction of sp³-hybridized carbons (Fsp3) is 0.467. The van der Waals surface area contributed by atoms with Crippen LogP contribution in [-0.2, 0) is 26.7 Å². The number of imide groups is 1. The van der Waals surface area contributed by atoms with Gasteiger partial charge in [0.15, 0.2) is 0 Å². The van der Waals surface area contributed by atoms with Gasteiger partial charge >= 0.3 is 18.4 Å². The fourth-order valence-electron chi connectivity index (χ4n) is 6.40. The Bertz CT molecular complexity index is 1460. The SMILES string of the molecule is CC(C)(C)OC(=O)N1CCC2(CC1)C1C(=O)N(c3ccccc3)C(=O)C1CN2C(=O)c1cc(C(F)(F)F)cc(C(F)(F)F)c1. The lowest BCUT2D eigenvalue weighted by molar-refractivity contribution is -0.143. The van der Waals surface area contributed by atoms with Gasteiger partial charge in [-0.15, -0.1) is 0 Å². The Morgan fingerprint density at radius 1 is 0.841 bits per heavy atom. The van der Waals surface area contributed by atoms with Crippen molar-refractivity contribution in [3.05, 3.63) is 65.2 Å². The normalized spacial score (nSPS) is 22.1. The number of piperidine rings is 1. The van der Waals surface area contributed by atoms with Crippen LogP contribution >= 0.6 is 0 Å². The van der Waals surface area contributed by atoms with Crippen molar-refractivity contribution >= 4 is 29.5 Å². The molecule has 4 amide bonds. The summed E-state index contributed by atoms with van der Waals surface area (Å²) in [4.78, 5) is 57.7. The molecule has 2 atom stereocenters. The van der Waals surface area contributed by atoms with Crippen LogP contribution in [0.4, 0.5) is 36.8 Å². The molecule has 14 heteroatoms. The molecule has 44 heavy (non-hydrogen) atoms. The largest absolute Gasteiger partial charge is 0.444 e. The first kappa shape index (κ1) is 31.3. The van der Waals surface area contributed by atoms with Gasteiger partial charge in [-0.1, -0.05) is 18.2 Å². The summed E-state index contributed by atoms with van der Waals surface area (Å²) in [5.41, 5.74) is -6.19. The van der Waals surface area contributed by atoms with Crippen LogP contribution in [0.5, 0.6) is 0 Å². The van der Waals surface area contributed by atoms with Crippen molar-refractivity contribution < 1.29 is 50.3 Å². The highest BCUT2D eigenvalue weighted by Gasteiger charge is 2.66. The molecular formula is C30H29F6N3O5. The van der Waals surface area contributed by atoms with Crippen LogP contribution in [0, 0.1) is 11.8 Å². The smallest absolute Gasteiger partial charge is 0.416 e. The third-order valence-electron chi connectivity index (χ3n) is 8.30. The molecule has 3 saturated heterocycles. The molecule has 3 aliphatic rings. The van der Waals surface area contributed by atoms with Crippen molar-refractivity contribution in [2.24, 2.45) is 11.8 Å². The lowest BCUT2D eigenvalue weighted by Gasteiger charge is -2.47. The monoisotopic (exact) mass is 625 g/mol. The van der Waals surface area contributed by atoms with Crippen LogP contribution in [0.1, 0.15) is 55.1 Å². The van der Waals surface area contributed by atoms with E-state index in [4.69, 9.17) is 4.74 Å². The lowest BCUT2D eigenvalue weighted by Crippen LogP contribution is -2.60. The first-order valence-corrected chi connectivity index (χ1v) is 13.9. The molecule has 0 saturated carbocycles. The van der Waals surface area contributed by atoms with E-state index in [1.165, 1.54) is 4.90 Å². The first-order valence-electron chi connectivity index (χ1n) is 13.9. The van der Waals surface area contributed by atoms with Crippen LogP contribution in [-0.4, -0.2) is 64.4 Å². The number of fused-ring (bicyclic) bond motifs is 2. The minimum Gasteiger partial charge on any atom is -0.444 e. The number of ether oxygens (including phenoxy) is 1. The number of benzene rings is 2. The predicted molar refractivity (Wildman–Crippen MR) is 143 cm³/mol. The Labute approximate surface area is 248 Å². The molecule has 8 nitrogen and oxygen atoms in total. The van der Waals surface area contributed by atoms with Gasteiger partial charge in [0.05, 0.1) is 34.2 Å². The topological polar surface area (TPSA) is 87.2 Å². The molecule has 0 aliphatic carbocycles. The highest BCUT2D eigenvalue weighted by molar-refractivity contribution is 6.23. The average Bonchev–Trinajstić information content (AvgIpc) is 3.38. The Morgan fingerprint density at radius 3 is 1.89 bits per heavy atom. The average molecular weight is 626 g/mol. The third kappa shape index (κ3) is 5.50. The van der Waals surface area contributed by atoms with Crippen LogP contribution in [0.15, 0.2) is 48.5 Å². The third-order valence-corrected chi connectivity index (χ3v) is 8.30. The Morgan fingerprint density at radius 2 is 1.39 bits per heavy atom. The van der Waals surface area contributed by atoms with Crippen LogP contribution in [0.3, 0.4) is 0 Å². The number of nitrogens with zero attached hydrogens (tertiary/aromatic N) is 3. The summed E-state index contributed by atoms with van der Waals surface area (Å²) in [6, 6.07) is 8.66. The second-order valence-corrected chi connectivity index (χ2v) is 12.2. The second kappa shape index (κ2) is 10.5. The van der Waals surface area contributed by atoms with Crippen molar-refractivity contribution in [3.63, 3.8) is 0 Å². The van der Waals surface area contributed by atoms with Crippen molar-refractivity contribution in [2.75, 3.05) is 24.5 Å².